The summed E-state index contributed by atoms with van der Waals surface area (Å²) in [6, 6.07) is 3.32. The number of rotatable bonds is 4. The van der Waals surface area contributed by atoms with Crippen molar-refractivity contribution < 1.29 is 14.6 Å². The summed E-state index contributed by atoms with van der Waals surface area (Å²) in [6.07, 6.45) is 3.48. The maximum atomic E-state index is 12.2. The van der Waals surface area contributed by atoms with E-state index in [-0.39, 0.29) is 12.5 Å². The molecule has 0 radical (unpaired) electrons. The summed E-state index contributed by atoms with van der Waals surface area (Å²) in [5.74, 6) is 0.204. The van der Waals surface area contributed by atoms with Gasteiger partial charge in [-0.15, -0.1) is 0 Å². The van der Waals surface area contributed by atoms with Crippen molar-refractivity contribution >= 4 is 40.1 Å². The van der Waals surface area contributed by atoms with Gasteiger partial charge in [0.2, 0.25) is 0 Å². The van der Waals surface area contributed by atoms with Crippen molar-refractivity contribution in [2.45, 2.75) is 31.3 Å². The lowest BCUT2D eigenvalue weighted by Gasteiger charge is -2.22. The van der Waals surface area contributed by atoms with Gasteiger partial charge < -0.3 is 15.2 Å². The highest BCUT2D eigenvalue weighted by Crippen LogP contribution is 2.30. The van der Waals surface area contributed by atoms with Crippen molar-refractivity contribution in [1.29, 1.82) is 0 Å². The molecule has 2 N–H and O–H groups in total. The number of hydrogen-bond acceptors (Lipinski definition) is 3. The average molecular weight is 410 g/mol. The molecule has 110 valence electrons. The van der Waals surface area contributed by atoms with Crippen LogP contribution in [0.15, 0.2) is 12.1 Å². The van der Waals surface area contributed by atoms with Gasteiger partial charge in [0.05, 0.1) is 23.3 Å². The second-order valence-corrected chi connectivity index (χ2v) is 6.65. The molecule has 1 aliphatic rings. The third kappa shape index (κ3) is 3.56. The summed E-state index contributed by atoms with van der Waals surface area (Å²) < 4.78 is 6.04. The highest BCUT2D eigenvalue weighted by Gasteiger charge is 2.31. The molecule has 20 heavy (non-hydrogen) atoms. The van der Waals surface area contributed by atoms with Crippen molar-refractivity contribution in [3.63, 3.8) is 0 Å². The van der Waals surface area contributed by atoms with Crippen LogP contribution in [0.25, 0.3) is 0 Å². The fourth-order valence-corrected chi connectivity index (χ4v) is 3.03. The minimum Gasteiger partial charge on any atom is -0.496 e. The van der Waals surface area contributed by atoms with E-state index in [4.69, 9.17) is 16.3 Å². The predicted molar refractivity (Wildman–Crippen MR) is 86.5 cm³/mol. The molecule has 0 heterocycles. The van der Waals surface area contributed by atoms with Crippen molar-refractivity contribution in [3.05, 3.63) is 26.3 Å². The van der Waals surface area contributed by atoms with Gasteiger partial charge in [-0.1, -0.05) is 24.4 Å². The van der Waals surface area contributed by atoms with E-state index in [9.17, 15) is 9.90 Å². The Kier molecular flexibility index (Phi) is 5.14. The smallest absolute Gasteiger partial charge is 0.255 e. The first-order valence-electron chi connectivity index (χ1n) is 6.49. The monoisotopic (exact) mass is 409 g/mol. The summed E-state index contributed by atoms with van der Waals surface area (Å²) in [6.45, 7) is 0.262. The molecule has 1 saturated carbocycles. The van der Waals surface area contributed by atoms with E-state index in [0.29, 0.717) is 16.3 Å². The highest BCUT2D eigenvalue weighted by atomic mass is 127. The SMILES string of the molecule is COc1cc(I)c(Cl)cc1C(=O)NCC1(O)CCCC1. The molecular weight excluding hydrogens is 393 g/mol. The Morgan fingerprint density at radius 1 is 1.50 bits per heavy atom. The molecule has 1 aromatic rings. The molecular formula is C14H17ClINO3. The first-order chi connectivity index (χ1) is 9.45. The lowest BCUT2D eigenvalue weighted by molar-refractivity contribution is 0.0449. The van der Waals surface area contributed by atoms with Gasteiger partial charge in [-0.25, -0.2) is 0 Å². The van der Waals surface area contributed by atoms with Crippen molar-refractivity contribution in [3.8, 4) is 5.75 Å². The van der Waals surface area contributed by atoms with Crippen LogP contribution in [0.3, 0.4) is 0 Å². The molecule has 4 nitrogen and oxygen atoms in total. The number of aliphatic hydroxyl groups is 1. The molecule has 1 amide bonds. The topological polar surface area (TPSA) is 58.6 Å². The van der Waals surface area contributed by atoms with E-state index in [1.54, 1.807) is 12.1 Å². The number of amides is 1. The van der Waals surface area contributed by atoms with Gasteiger partial charge in [-0.3, -0.25) is 4.79 Å². The van der Waals surface area contributed by atoms with Crippen molar-refractivity contribution in [1.82, 2.24) is 5.32 Å². The molecule has 6 heteroatoms. The van der Waals surface area contributed by atoms with Crippen LogP contribution in [0.1, 0.15) is 36.0 Å². The summed E-state index contributed by atoms with van der Waals surface area (Å²) in [5.41, 5.74) is -0.380. The maximum Gasteiger partial charge on any atom is 0.255 e. The van der Waals surface area contributed by atoms with E-state index in [1.807, 2.05) is 0 Å². The fourth-order valence-electron chi connectivity index (χ4n) is 2.42. The van der Waals surface area contributed by atoms with Crippen LogP contribution < -0.4 is 10.1 Å². The third-order valence-electron chi connectivity index (χ3n) is 3.60. The van der Waals surface area contributed by atoms with Gasteiger partial charge in [-0.2, -0.15) is 0 Å². The second-order valence-electron chi connectivity index (χ2n) is 5.08. The summed E-state index contributed by atoms with van der Waals surface area (Å²) in [5, 5.41) is 13.5. The summed E-state index contributed by atoms with van der Waals surface area (Å²) in [4.78, 5) is 12.2. The minimum atomic E-state index is -0.768. The number of carbonyl (C=O) groups is 1. The van der Waals surface area contributed by atoms with Gasteiger partial charge in [0, 0.05) is 10.1 Å². The molecule has 0 aliphatic heterocycles. The number of ether oxygens (including phenoxy) is 1. The zero-order chi connectivity index (χ0) is 14.8. The Morgan fingerprint density at radius 2 is 2.15 bits per heavy atom. The average Bonchev–Trinajstić information content (AvgIpc) is 2.86. The zero-order valence-electron chi connectivity index (χ0n) is 11.2. The van der Waals surface area contributed by atoms with Gasteiger partial charge in [0.1, 0.15) is 5.75 Å². The molecule has 0 bridgehead atoms. The quantitative estimate of drug-likeness (QED) is 0.752. The molecule has 0 atom stereocenters. The summed E-state index contributed by atoms with van der Waals surface area (Å²) in [7, 11) is 1.51. The standard InChI is InChI=1S/C14H17ClINO3/c1-20-12-7-11(16)10(15)6-9(12)13(18)17-8-14(19)4-2-3-5-14/h6-7,19H,2-5,8H2,1H3,(H,17,18). The molecule has 2 rings (SSSR count). The molecule has 0 aromatic heterocycles. The molecule has 1 fully saturated rings. The fraction of sp³-hybridized carbons (Fsp3) is 0.500. The van der Waals surface area contributed by atoms with Gasteiger partial charge >= 0.3 is 0 Å². The van der Waals surface area contributed by atoms with Crippen LogP contribution in [0.4, 0.5) is 0 Å². The van der Waals surface area contributed by atoms with E-state index in [0.717, 1.165) is 29.3 Å². The Bertz CT molecular complexity index is 515. The van der Waals surface area contributed by atoms with Crippen molar-refractivity contribution in [2.75, 3.05) is 13.7 Å². The predicted octanol–water partition coefficient (Wildman–Crippen LogP) is 2.99. The number of carbonyl (C=O) groups excluding carboxylic acids is 1. The first kappa shape index (κ1) is 15.9. The number of methoxy groups -OCH3 is 1. The normalized spacial score (nSPS) is 17.0. The van der Waals surface area contributed by atoms with E-state index in [2.05, 4.69) is 27.9 Å². The molecule has 1 aliphatic carbocycles. The van der Waals surface area contributed by atoms with E-state index in [1.165, 1.54) is 7.11 Å². The number of hydrogen-bond donors (Lipinski definition) is 2. The van der Waals surface area contributed by atoms with Crippen LogP contribution >= 0.6 is 34.2 Å². The summed E-state index contributed by atoms with van der Waals surface area (Å²) >= 11 is 8.13. The Labute approximate surface area is 137 Å². The number of halogens is 2. The molecule has 0 spiro atoms. The molecule has 0 unspecified atom stereocenters. The van der Waals surface area contributed by atoms with Crippen LogP contribution in [-0.2, 0) is 0 Å². The van der Waals surface area contributed by atoms with Gasteiger partial charge in [-0.05, 0) is 47.6 Å². The van der Waals surface area contributed by atoms with Gasteiger partial charge in [0.25, 0.3) is 5.91 Å². The van der Waals surface area contributed by atoms with Crippen LogP contribution in [-0.4, -0.2) is 30.3 Å². The lowest BCUT2D eigenvalue weighted by atomic mass is 10.0. The largest absolute Gasteiger partial charge is 0.496 e. The van der Waals surface area contributed by atoms with Crippen LogP contribution in [0, 0.1) is 3.57 Å². The van der Waals surface area contributed by atoms with E-state index < -0.39 is 5.60 Å². The molecule has 0 saturated heterocycles. The number of benzene rings is 1. The van der Waals surface area contributed by atoms with Crippen LogP contribution in [0.2, 0.25) is 5.02 Å². The van der Waals surface area contributed by atoms with Crippen LogP contribution in [0.5, 0.6) is 5.75 Å². The van der Waals surface area contributed by atoms with Crippen molar-refractivity contribution in [2.24, 2.45) is 0 Å². The third-order valence-corrected chi connectivity index (χ3v) is 5.12. The molecule has 1 aromatic carbocycles. The maximum absolute atomic E-state index is 12.2. The Hall–Kier alpha value is -0.530. The lowest BCUT2D eigenvalue weighted by Crippen LogP contribution is -2.40. The minimum absolute atomic E-state index is 0.262. The second kappa shape index (κ2) is 6.49. The highest BCUT2D eigenvalue weighted by molar-refractivity contribution is 14.1. The zero-order valence-corrected chi connectivity index (χ0v) is 14.1. The van der Waals surface area contributed by atoms with E-state index >= 15 is 0 Å². The van der Waals surface area contributed by atoms with Gasteiger partial charge in [0.15, 0.2) is 0 Å². The number of nitrogens with one attached hydrogen (secondary N) is 1. The Morgan fingerprint density at radius 3 is 2.75 bits per heavy atom. The Balaban J connectivity index is 2.10. The first-order valence-corrected chi connectivity index (χ1v) is 7.94.